The van der Waals surface area contributed by atoms with E-state index in [9.17, 15) is 14.4 Å². The van der Waals surface area contributed by atoms with E-state index in [1.54, 1.807) is 30.3 Å². The van der Waals surface area contributed by atoms with Crippen molar-refractivity contribution >= 4 is 7.82 Å². The Hall–Kier alpha value is 0.930. The average molecular weight is 398 g/mol. The maximum absolute atomic E-state index is 10.4. The van der Waals surface area contributed by atoms with Crippen molar-refractivity contribution in [2.24, 2.45) is 0 Å². The molecule has 0 aliphatic carbocycles. The summed E-state index contributed by atoms with van der Waals surface area (Å²) in [6.45, 7) is 1.41. The van der Waals surface area contributed by atoms with Gasteiger partial charge in [-0.2, -0.15) is 4.89 Å². The third kappa shape index (κ3) is 16.8. The first-order chi connectivity index (χ1) is 11.0. The smallest absolute Gasteiger partial charge is 0.790 e. The monoisotopic (exact) mass is 398 g/mol. The van der Waals surface area contributed by atoms with Gasteiger partial charge in [-0.05, 0) is 28.6 Å². The molecule has 0 saturated heterocycles. The number of phosphoric acid groups is 1. The van der Waals surface area contributed by atoms with Gasteiger partial charge < -0.3 is 23.8 Å². The molecule has 1 atom stereocenters. The third-order valence-electron chi connectivity index (χ3n) is 2.43. The van der Waals surface area contributed by atoms with E-state index in [1.807, 2.05) is 6.92 Å². The van der Waals surface area contributed by atoms with E-state index in [0.29, 0.717) is 18.6 Å². The molecule has 0 spiro atoms. The van der Waals surface area contributed by atoms with E-state index in [-0.39, 0.29) is 59.1 Å². The minimum Gasteiger partial charge on any atom is -0.790 e. The first-order valence-electron chi connectivity index (χ1n) is 6.73. The summed E-state index contributed by atoms with van der Waals surface area (Å²) in [4.78, 5) is 30.2. The number of benzene rings is 1. The van der Waals surface area contributed by atoms with Crippen LogP contribution in [0.15, 0.2) is 30.3 Å². The molecule has 0 N–H and O–H groups in total. The van der Waals surface area contributed by atoms with Gasteiger partial charge in [0.25, 0.3) is 0 Å². The van der Waals surface area contributed by atoms with Crippen molar-refractivity contribution in [2.45, 2.75) is 32.3 Å². The van der Waals surface area contributed by atoms with E-state index >= 15 is 0 Å². The van der Waals surface area contributed by atoms with Crippen LogP contribution < -0.4 is 73.8 Å². The first kappa shape index (κ1) is 28.1. The molecule has 10 nitrogen and oxygen atoms in total. The molecule has 0 radical (unpaired) electrons. The summed E-state index contributed by atoms with van der Waals surface area (Å²) in [5.74, 6) is 0.355. The molecule has 0 saturated carbocycles. The zero-order chi connectivity index (χ0) is 17.0. The largest absolute Gasteiger partial charge is 1.00 e. The molecule has 1 aromatic rings. The van der Waals surface area contributed by atoms with E-state index in [0.717, 1.165) is 6.42 Å². The fraction of sp³-hybridized carbons (Fsp3) is 0.500. The van der Waals surface area contributed by atoms with Gasteiger partial charge in [0.05, 0.1) is 14.4 Å². The van der Waals surface area contributed by atoms with Crippen LogP contribution in [0.4, 0.5) is 0 Å². The second-order valence-corrected chi connectivity index (χ2v) is 5.42. The Balaban J connectivity index is 0. The van der Waals surface area contributed by atoms with Crippen molar-refractivity contribution in [3.05, 3.63) is 30.3 Å². The summed E-state index contributed by atoms with van der Waals surface area (Å²) >= 11 is 0. The Bertz CT molecular complexity index is 460. The van der Waals surface area contributed by atoms with Gasteiger partial charge in [0.15, 0.2) is 5.75 Å². The molecular formula is C12H17Na2O10P. The van der Waals surface area contributed by atoms with E-state index < -0.39 is 20.5 Å². The number of hydrogen-bond donors (Lipinski definition) is 0. The number of phosphoric ester groups is 1. The molecule has 0 fully saturated rings. The normalized spacial score (nSPS) is 12.0. The molecule has 0 amide bonds. The summed E-state index contributed by atoms with van der Waals surface area (Å²) < 4.78 is 14.5. The predicted octanol–water partition coefficient (Wildman–Crippen LogP) is -4.86. The summed E-state index contributed by atoms with van der Waals surface area (Å²) in [6.07, 6.45) is 1.04. The van der Waals surface area contributed by atoms with Crippen LogP contribution in [0.25, 0.3) is 0 Å². The van der Waals surface area contributed by atoms with Crippen molar-refractivity contribution in [3.8, 4) is 5.75 Å². The maximum Gasteiger partial charge on any atom is 1.00 e. The summed E-state index contributed by atoms with van der Waals surface area (Å²) in [5, 5.41) is 16.5. The molecule has 0 heterocycles. The second kappa shape index (κ2) is 17.1. The van der Waals surface area contributed by atoms with Crippen molar-refractivity contribution < 1.29 is 108 Å². The third-order valence-corrected chi connectivity index (χ3v) is 2.90. The number of unbranched alkanes of at least 4 members (excludes halogenated alkanes) is 1. The Labute approximate surface area is 189 Å². The Kier molecular flexibility index (Phi) is 19.2. The molecule has 1 rings (SSSR count). The van der Waals surface area contributed by atoms with E-state index in [4.69, 9.17) is 0 Å². The van der Waals surface area contributed by atoms with Crippen LogP contribution in [0.2, 0.25) is 0 Å². The van der Waals surface area contributed by atoms with Crippen molar-refractivity contribution in [2.75, 3.05) is 6.61 Å². The Morgan fingerprint density at radius 2 is 1.68 bits per heavy atom. The van der Waals surface area contributed by atoms with Crippen molar-refractivity contribution in [1.82, 2.24) is 0 Å². The molecule has 25 heavy (non-hydrogen) atoms. The Morgan fingerprint density at radius 3 is 2.28 bits per heavy atom. The van der Waals surface area contributed by atoms with Crippen LogP contribution >= 0.6 is 7.82 Å². The summed E-state index contributed by atoms with van der Waals surface area (Å²) in [5.41, 5.74) is 0. The predicted molar refractivity (Wildman–Crippen MR) is 69.4 cm³/mol. The topological polar surface area (TPSA) is 128 Å². The molecule has 132 valence electrons. The molecule has 0 aromatic heterocycles. The van der Waals surface area contributed by atoms with Gasteiger partial charge in [-0.15, -0.1) is 0 Å². The van der Waals surface area contributed by atoms with Crippen LogP contribution in [-0.4, -0.2) is 12.7 Å². The molecule has 0 aliphatic heterocycles. The minimum atomic E-state index is -5.09. The maximum atomic E-state index is 10.4. The van der Waals surface area contributed by atoms with Gasteiger partial charge in [0.2, 0.25) is 0 Å². The van der Waals surface area contributed by atoms with Crippen molar-refractivity contribution in [3.63, 3.8) is 0 Å². The number of para-hydroxylation sites is 1. The summed E-state index contributed by atoms with van der Waals surface area (Å²) in [6, 6.07) is 8.40. The minimum absolute atomic E-state index is 0. The van der Waals surface area contributed by atoms with Crippen LogP contribution in [0.5, 0.6) is 5.75 Å². The number of rotatable bonds is 13. The number of hydrogen-bond acceptors (Lipinski definition) is 10. The van der Waals surface area contributed by atoms with Gasteiger partial charge in [-0.1, -0.05) is 38.0 Å². The fourth-order valence-electron chi connectivity index (χ4n) is 1.39. The zero-order valence-corrected chi connectivity index (χ0v) is 19.2. The van der Waals surface area contributed by atoms with Gasteiger partial charge >= 0.3 is 59.1 Å². The van der Waals surface area contributed by atoms with E-state index in [2.05, 4.69) is 34.5 Å². The van der Waals surface area contributed by atoms with Gasteiger partial charge in [-0.3, -0.25) is 0 Å². The second-order valence-electron chi connectivity index (χ2n) is 4.27. The van der Waals surface area contributed by atoms with Gasteiger partial charge in [0, 0.05) is 10.1 Å². The zero-order valence-electron chi connectivity index (χ0n) is 14.3. The SMILES string of the molecule is CCCCC(COP(=O)([O-])[O-])OOOOOOc1ccccc1.[Na+].[Na+]. The van der Waals surface area contributed by atoms with Gasteiger partial charge in [0.1, 0.15) is 6.10 Å². The van der Waals surface area contributed by atoms with Crippen LogP contribution in [0.3, 0.4) is 0 Å². The molecule has 0 bridgehead atoms. The first-order valence-corrected chi connectivity index (χ1v) is 8.19. The molecule has 1 unspecified atom stereocenters. The average Bonchev–Trinajstić information content (AvgIpc) is 2.52. The molecular weight excluding hydrogens is 381 g/mol. The van der Waals surface area contributed by atoms with E-state index in [1.165, 1.54) is 0 Å². The fourth-order valence-corrected chi connectivity index (χ4v) is 1.74. The standard InChI is InChI=1S/C12H19O10P.2Na/c1-2-3-7-12(10-16-23(13,14)15)18-20-22-21-19-17-11-8-5-4-6-9-11;;/h4-6,8-9,12H,2-3,7,10H2,1H3,(H2,13,14,15);;/q;2*+1/p-2. The van der Waals surface area contributed by atoms with Crippen LogP contribution in [-0.2, 0) is 34.1 Å². The molecule has 1 aromatic carbocycles. The van der Waals surface area contributed by atoms with Gasteiger partial charge in [-0.25, -0.2) is 0 Å². The Morgan fingerprint density at radius 1 is 1.04 bits per heavy atom. The van der Waals surface area contributed by atoms with Crippen LogP contribution in [0.1, 0.15) is 26.2 Å². The molecule has 13 heteroatoms. The quantitative estimate of drug-likeness (QED) is 0.105. The summed E-state index contributed by atoms with van der Waals surface area (Å²) in [7, 11) is -5.09. The van der Waals surface area contributed by atoms with Crippen LogP contribution in [0, 0.1) is 0 Å². The molecule has 0 aliphatic rings. The van der Waals surface area contributed by atoms with Crippen molar-refractivity contribution in [1.29, 1.82) is 0 Å².